The van der Waals surface area contributed by atoms with E-state index in [1.54, 1.807) is 7.11 Å². The highest BCUT2D eigenvalue weighted by Gasteiger charge is 2.01. The molecule has 0 fully saturated rings. The molecule has 3 nitrogen and oxygen atoms in total. The zero-order valence-electron chi connectivity index (χ0n) is 15.3. The molecule has 0 spiro atoms. The molecule has 1 N–H and O–H groups in total. The fraction of sp³-hybridized carbons (Fsp3) is 1.00. The van der Waals surface area contributed by atoms with Crippen LogP contribution in [0.5, 0.6) is 0 Å². The third kappa shape index (κ3) is 16.3. The topological polar surface area (TPSA) is 32.7 Å². The first-order valence-electron chi connectivity index (χ1n) is 9.75. The molecule has 0 saturated carbocycles. The van der Waals surface area contributed by atoms with Crippen molar-refractivity contribution in [3.8, 4) is 0 Å². The highest BCUT2D eigenvalue weighted by atomic mass is 16.7. The van der Waals surface area contributed by atoms with Gasteiger partial charge in [0.2, 0.25) is 0 Å². The summed E-state index contributed by atoms with van der Waals surface area (Å²) < 4.78 is 0. The van der Waals surface area contributed by atoms with E-state index in [2.05, 4.69) is 6.92 Å². The summed E-state index contributed by atoms with van der Waals surface area (Å²) in [5, 5.41) is 10.7. The van der Waals surface area contributed by atoms with Gasteiger partial charge in [0.15, 0.2) is 0 Å². The smallest absolute Gasteiger partial charge is 0.0581 e. The lowest BCUT2D eigenvalue weighted by Crippen LogP contribution is -2.26. The average Bonchev–Trinajstić information content (AvgIpc) is 2.54. The van der Waals surface area contributed by atoms with Crippen molar-refractivity contribution >= 4 is 0 Å². The first-order valence-corrected chi connectivity index (χ1v) is 9.75. The van der Waals surface area contributed by atoms with Crippen molar-refractivity contribution in [3.63, 3.8) is 0 Å². The third-order valence-corrected chi connectivity index (χ3v) is 4.37. The van der Waals surface area contributed by atoms with Crippen LogP contribution in [-0.4, -0.2) is 37.0 Å². The normalized spacial score (nSPS) is 11.5. The Kier molecular flexibility index (Phi) is 18.8. The van der Waals surface area contributed by atoms with E-state index in [0.29, 0.717) is 6.54 Å². The van der Waals surface area contributed by atoms with E-state index in [9.17, 15) is 0 Å². The molecule has 0 amide bonds. The molecule has 0 aliphatic carbocycles. The van der Waals surface area contributed by atoms with Crippen molar-refractivity contribution in [1.82, 2.24) is 5.06 Å². The van der Waals surface area contributed by atoms with Crippen molar-refractivity contribution < 1.29 is 9.94 Å². The molecule has 0 aliphatic heterocycles. The summed E-state index contributed by atoms with van der Waals surface area (Å²) in [6.45, 7) is 4.01. The Bertz CT molecular complexity index is 200. The molecule has 0 aromatic heterocycles. The maximum absolute atomic E-state index is 8.86. The van der Waals surface area contributed by atoms with Gasteiger partial charge in [-0.25, -0.2) is 0 Å². The van der Waals surface area contributed by atoms with Gasteiger partial charge >= 0.3 is 0 Å². The number of hydroxylamine groups is 2. The Morgan fingerprint density at radius 1 is 0.636 bits per heavy atom. The van der Waals surface area contributed by atoms with E-state index >= 15 is 0 Å². The Morgan fingerprint density at radius 3 is 1.41 bits per heavy atom. The molecule has 0 aromatic rings. The van der Waals surface area contributed by atoms with Gasteiger partial charge in [-0.05, 0) is 6.42 Å². The number of hydrogen-bond donors (Lipinski definition) is 1. The maximum atomic E-state index is 8.86. The average molecular weight is 316 g/mol. The third-order valence-electron chi connectivity index (χ3n) is 4.37. The van der Waals surface area contributed by atoms with Gasteiger partial charge in [0.05, 0.1) is 13.7 Å². The maximum Gasteiger partial charge on any atom is 0.0581 e. The summed E-state index contributed by atoms with van der Waals surface area (Å²) >= 11 is 0. The van der Waals surface area contributed by atoms with Crippen LogP contribution in [-0.2, 0) is 4.84 Å². The van der Waals surface area contributed by atoms with Gasteiger partial charge in [0.1, 0.15) is 0 Å². The van der Waals surface area contributed by atoms with Crippen molar-refractivity contribution in [2.45, 2.75) is 96.8 Å². The zero-order valence-corrected chi connectivity index (χ0v) is 15.3. The van der Waals surface area contributed by atoms with Crippen LogP contribution in [0.15, 0.2) is 0 Å². The van der Waals surface area contributed by atoms with E-state index in [1.807, 2.05) is 5.06 Å². The lowest BCUT2D eigenvalue weighted by atomic mass is 10.0. The minimum Gasteiger partial charge on any atom is -0.395 e. The summed E-state index contributed by atoms with van der Waals surface area (Å²) in [5.41, 5.74) is 0. The summed E-state index contributed by atoms with van der Waals surface area (Å²) in [6, 6.07) is 0. The first-order chi connectivity index (χ1) is 10.8. The van der Waals surface area contributed by atoms with Gasteiger partial charge in [-0.3, -0.25) is 0 Å². The molecule has 0 aliphatic rings. The standard InChI is InChI=1S/C19H41NO2/c1-3-4-5-6-7-8-9-10-11-12-13-14-15-16-17-20(22-2)18-19-21/h21H,3-19H2,1-2H3. The molecular weight excluding hydrogens is 274 g/mol. The molecule has 0 rings (SSSR count). The predicted molar refractivity (Wildman–Crippen MR) is 96.0 cm³/mol. The predicted octanol–water partition coefficient (Wildman–Crippen LogP) is 5.32. The molecular formula is C19H41NO2. The molecule has 22 heavy (non-hydrogen) atoms. The molecule has 0 heterocycles. The van der Waals surface area contributed by atoms with Crippen molar-refractivity contribution in [3.05, 3.63) is 0 Å². The summed E-state index contributed by atoms with van der Waals surface area (Å²) in [7, 11) is 1.68. The molecule has 3 heteroatoms. The highest BCUT2D eigenvalue weighted by molar-refractivity contribution is 4.51. The van der Waals surface area contributed by atoms with Crippen LogP contribution in [0, 0.1) is 0 Å². The van der Waals surface area contributed by atoms with Gasteiger partial charge in [0, 0.05) is 13.1 Å². The first kappa shape index (κ1) is 21.9. The van der Waals surface area contributed by atoms with Gasteiger partial charge in [-0.15, -0.1) is 0 Å². The van der Waals surface area contributed by atoms with E-state index in [1.165, 1.54) is 89.9 Å². The van der Waals surface area contributed by atoms with E-state index in [0.717, 1.165) is 6.54 Å². The summed E-state index contributed by atoms with van der Waals surface area (Å²) in [4.78, 5) is 5.18. The van der Waals surface area contributed by atoms with Crippen LogP contribution in [0.2, 0.25) is 0 Å². The Morgan fingerprint density at radius 2 is 1.05 bits per heavy atom. The second-order valence-corrected chi connectivity index (χ2v) is 6.43. The minimum atomic E-state index is 0.173. The van der Waals surface area contributed by atoms with Crippen LogP contribution in [0.1, 0.15) is 96.8 Å². The van der Waals surface area contributed by atoms with Crippen LogP contribution in [0.4, 0.5) is 0 Å². The quantitative estimate of drug-likeness (QED) is 0.274. The van der Waals surface area contributed by atoms with Gasteiger partial charge in [-0.1, -0.05) is 90.4 Å². The Hall–Kier alpha value is -0.120. The summed E-state index contributed by atoms with van der Waals surface area (Å²) in [5.74, 6) is 0. The number of hydrogen-bond acceptors (Lipinski definition) is 3. The second-order valence-electron chi connectivity index (χ2n) is 6.43. The fourth-order valence-electron chi connectivity index (χ4n) is 2.89. The molecule has 0 atom stereocenters. The molecule has 0 bridgehead atoms. The SMILES string of the molecule is CCCCCCCCCCCCCCCCN(CCO)OC. The molecule has 0 radical (unpaired) electrons. The van der Waals surface area contributed by atoms with Crippen LogP contribution in [0.25, 0.3) is 0 Å². The van der Waals surface area contributed by atoms with Gasteiger partial charge in [-0.2, -0.15) is 5.06 Å². The van der Waals surface area contributed by atoms with E-state index < -0.39 is 0 Å². The second kappa shape index (κ2) is 18.9. The molecule has 0 aromatic carbocycles. The van der Waals surface area contributed by atoms with E-state index in [4.69, 9.17) is 9.94 Å². The lowest BCUT2D eigenvalue weighted by Gasteiger charge is -2.17. The monoisotopic (exact) mass is 315 g/mol. The number of rotatable bonds is 18. The number of nitrogens with zero attached hydrogens (tertiary/aromatic N) is 1. The largest absolute Gasteiger partial charge is 0.395 e. The van der Waals surface area contributed by atoms with Gasteiger partial charge < -0.3 is 9.94 Å². The van der Waals surface area contributed by atoms with Crippen molar-refractivity contribution in [1.29, 1.82) is 0 Å². The molecule has 0 saturated heterocycles. The van der Waals surface area contributed by atoms with Gasteiger partial charge in [0.25, 0.3) is 0 Å². The van der Waals surface area contributed by atoms with Crippen LogP contribution >= 0.6 is 0 Å². The van der Waals surface area contributed by atoms with Crippen LogP contribution < -0.4 is 0 Å². The Labute approximate surface area is 139 Å². The molecule has 134 valence electrons. The molecule has 0 unspecified atom stereocenters. The van der Waals surface area contributed by atoms with Crippen molar-refractivity contribution in [2.24, 2.45) is 0 Å². The Balaban J connectivity index is 3.08. The fourth-order valence-corrected chi connectivity index (χ4v) is 2.89. The number of aliphatic hydroxyl groups excluding tert-OH is 1. The highest BCUT2D eigenvalue weighted by Crippen LogP contribution is 2.13. The lowest BCUT2D eigenvalue weighted by molar-refractivity contribution is -0.137. The minimum absolute atomic E-state index is 0.173. The number of aliphatic hydroxyl groups is 1. The van der Waals surface area contributed by atoms with Crippen molar-refractivity contribution in [2.75, 3.05) is 26.8 Å². The van der Waals surface area contributed by atoms with E-state index in [-0.39, 0.29) is 6.61 Å². The summed E-state index contributed by atoms with van der Waals surface area (Å²) in [6.07, 6.45) is 19.4. The zero-order chi connectivity index (χ0) is 16.3. The van der Waals surface area contributed by atoms with Crippen LogP contribution in [0.3, 0.4) is 0 Å². The number of unbranched alkanes of at least 4 members (excludes halogenated alkanes) is 13.